The lowest BCUT2D eigenvalue weighted by Gasteiger charge is -2.30. The SMILES string of the molecule is CC(=O)N1CCN(C(C)=O)Cc2cc(C=CC=Cc3cc4nc(c3)CN(C(C)=O)CCN(C(C)=O)CCN(C(C)=O)C4)cc(n2)CN(C(C)=O)CC1. The van der Waals surface area contributed by atoms with Gasteiger partial charge in [0.15, 0.2) is 0 Å². The topological polar surface area (TPSA) is 148 Å². The lowest BCUT2D eigenvalue weighted by atomic mass is 10.1. The molecule has 0 saturated heterocycles. The summed E-state index contributed by atoms with van der Waals surface area (Å²) in [5, 5.41) is 0. The number of allylic oxidation sites excluding steroid dienone is 2. The molecule has 278 valence electrons. The smallest absolute Gasteiger partial charge is 0.219 e. The molecule has 6 amide bonds. The standard InChI is InChI=1S/C38H50N8O6/c1-27(47)41-11-15-43(29(3)49)23-35-19-33(20-36(39-35)24-44(16-12-41)30(4)50)9-7-8-10-34-21-37-25-45(31(5)51)17-13-42(28(2)48)14-18-46(32(6)52)26-38(22-34)40-37/h7-10,19-22H,11-18,23-26H2,1-6H3. The van der Waals surface area contributed by atoms with E-state index < -0.39 is 0 Å². The summed E-state index contributed by atoms with van der Waals surface area (Å²) in [6.45, 7) is 12.8. The number of hydrogen-bond donors (Lipinski definition) is 0. The molecule has 0 radical (unpaired) electrons. The molecule has 0 fully saturated rings. The Morgan fingerprint density at radius 1 is 0.404 bits per heavy atom. The maximum Gasteiger partial charge on any atom is 0.219 e. The Bertz CT molecular complexity index is 1520. The largest absolute Gasteiger partial charge is 0.339 e. The minimum absolute atomic E-state index is 0.112. The van der Waals surface area contributed by atoms with Crippen molar-refractivity contribution in [2.45, 2.75) is 67.7 Å². The average Bonchev–Trinajstić information content (AvgIpc) is 3.06. The van der Waals surface area contributed by atoms with Crippen LogP contribution in [0.4, 0.5) is 0 Å². The number of amides is 6. The number of aromatic nitrogens is 2. The summed E-state index contributed by atoms with van der Waals surface area (Å²) in [5.41, 5.74) is 4.37. The number of nitrogens with zero attached hydrogens (tertiary/aromatic N) is 8. The van der Waals surface area contributed by atoms with Gasteiger partial charge in [0.25, 0.3) is 0 Å². The van der Waals surface area contributed by atoms with E-state index in [9.17, 15) is 28.8 Å². The molecule has 0 aromatic carbocycles. The molecule has 2 aliphatic rings. The van der Waals surface area contributed by atoms with Crippen molar-refractivity contribution in [2.24, 2.45) is 0 Å². The molecule has 52 heavy (non-hydrogen) atoms. The number of fused-ring (bicyclic) bond motifs is 4. The number of rotatable bonds is 3. The van der Waals surface area contributed by atoms with Crippen LogP contribution in [-0.2, 0) is 54.9 Å². The van der Waals surface area contributed by atoms with Crippen LogP contribution in [0.3, 0.4) is 0 Å². The van der Waals surface area contributed by atoms with Gasteiger partial charge in [0.05, 0.1) is 49.0 Å². The van der Waals surface area contributed by atoms with Gasteiger partial charge in [0, 0.05) is 93.9 Å². The molecule has 0 atom stereocenters. The van der Waals surface area contributed by atoms with E-state index in [0.717, 1.165) is 11.1 Å². The van der Waals surface area contributed by atoms with Crippen LogP contribution in [0.5, 0.6) is 0 Å². The summed E-state index contributed by atoms with van der Waals surface area (Å²) in [6, 6.07) is 7.62. The summed E-state index contributed by atoms with van der Waals surface area (Å²) >= 11 is 0. The van der Waals surface area contributed by atoms with E-state index in [4.69, 9.17) is 9.97 Å². The average molecular weight is 715 g/mol. The number of hydrogen-bond acceptors (Lipinski definition) is 8. The normalized spacial score (nSPS) is 16.6. The van der Waals surface area contributed by atoms with E-state index in [2.05, 4.69) is 0 Å². The zero-order chi connectivity index (χ0) is 37.9. The first-order valence-corrected chi connectivity index (χ1v) is 17.6. The van der Waals surface area contributed by atoms with Crippen molar-refractivity contribution in [3.05, 3.63) is 70.3 Å². The lowest BCUT2D eigenvalue weighted by Crippen LogP contribution is -2.44. The summed E-state index contributed by atoms with van der Waals surface area (Å²) in [7, 11) is 0. The molecule has 0 N–H and O–H groups in total. The fourth-order valence-electron chi connectivity index (χ4n) is 6.19. The van der Waals surface area contributed by atoms with Crippen LogP contribution in [0.15, 0.2) is 36.4 Å². The maximum atomic E-state index is 12.5. The van der Waals surface area contributed by atoms with Gasteiger partial charge in [-0.3, -0.25) is 38.7 Å². The Kier molecular flexibility index (Phi) is 13.8. The summed E-state index contributed by atoms with van der Waals surface area (Å²) in [4.78, 5) is 94.3. The Morgan fingerprint density at radius 3 is 0.827 bits per heavy atom. The molecule has 14 nitrogen and oxygen atoms in total. The molecule has 2 aromatic heterocycles. The van der Waals surface area contributed by atoms with E-state index >= 15 is 0 Å². The van der Waals surface area contributed by atoms with Crippen LogP contribution < -0.4 is 0 Å². The second-order valence-electron chi connectivity index (χ2n) is 13.3. The quantitative estimate of drug-likeness (QED) is 0.441. The Labute approximate surface area is 305 Å². The van der Waals surface area contributed by atoms with E-state index in [1.165, 1.54) is 41.5 Å². The molecule has 0 spiro atoms. The monoisotopic (exact) mass is 714 g/mol. The van der Waals surface area contributed by atoms with Crippen molar-refractivity contribution in [1.29, 1.82) is 0 Å². The third kappa shape index (κ3) is 11.6. The van der Waals surface area contributed by atoms with Crippen LogP contribution in [0, 0.1) is 0 Å². The summed E-state index contributed by atoms with van der Waals surface area (Å²) in [5.74, 6) is -0.716. The minimum atomic E-state index is -0.123. The van der Waals surface area contributed by atoms with Crippen LogP contribution in [0.1, 0.15) is 75.4 Å². The van der Waals surface area contributed by atoms with Crippen LogP contribution in [-0.4, -0.2) is 127 Å². The van der Waals surface area contributed by atoms with Crippen LogP contribution in [0.2, 0.25) is 0 Å². The Hall–Kier alpha value is -5.40. The van der Waals surface area contributed by atoms with Gasteiger partial charge in [0.1, 0.15) is 0 Å². The molecule has 4 rings (SSSR count). The van der Waals surface area contributed by atoms with Gasteiger partial charge in [-0.1, -0.05) is 24.3 Å². The van der Waals surface area contributed by atoms with Gasteiger partial charge in [-0.05, 0) is 35.4 Å². The molecule has 2 aromatic rings. The van der Waals surface area contributed by atoms with Crippen LogP contribution in [0.25, 0.3) is 12.2 Å². The van der Waals surface area contributed by atoms with Gasteiger partial charge in [-0.15, -0.1) is 0 Å². The van der Waals surface area contributed by atoms with Crippen molar-refractivity contribution in [3.63, 3.8) is 0 Å². The highest BCUT2D eigenvalue weighted by Crippen LogP contribution is 2.17. The fourth-order valence-corrected chi connectivity index (χ4v) is 6.19. The fraction of sp³-hybridized carbons (Fsp3) is 0.474. The van der Waals surface area contributed by atoms with Crippen molar-refractivity contribution in [1.82, 2.24) is 39.4 Å². The second kappa shape index (κ2) is 18.2. The third-order valence-electron chi connectivity index (χ3n) is 9.24. The van der Waals surface area contributed by atoms with E-state index in [1.807, 2.05) is 48.6 Å². The maximum absolute atomic E-state index is 12.5. The van der Waals surface area contributed by atoms with Gasteiger partial charge < -0.3 is 29.4 Å². The number of pyridine rings is 2. The highest BCUT2D eigenvalue weighted by atomic mass is 16.2. The minimum Gasteiger partial charge on any atom is -0.339 e. The molecule has 0 unspecified atom stereocenters. The van der Waals surface area contributed by atoms with Gasteiger partial charge in [-0.25, -0.2) is 0 Å². The highest BCUT2D eigenvalue weighted by molar-refractivity contribution is 5.76. The van der Waals surface area contributed by atoms with E-state index in [0.29, 0.717) is 75.1 Å². The second-order valence-corrected chi connectivity index (χ2v) is 13.3. The van der Waals surface area contributed by atoms with Gasteiger partial charge in [-0.2, -0.15) is 0 Å². The molecular formula is C38H50N8O6. The number of carbonyl (C=O) groups excluding carboxylic acids is 6. The van der Waals surface area contributed by atoms with Crippen molar-refractivity contribution >= 4 is 47.6 Å². The van der Waals surface area contributed by atoms with Crippen molar-refractivity contribution in [3.8, 4) is 0 Å². The number of carbonyl (C=O) groups is 6. The summed E-state index contributed by atoms with van der Waals surface area (Å²) in [6.07, 6.45) is 7.63. The predicted octanol–water partition coefficient (Wildman–Crippen LogP) is 2.32. The molecular weight excluding hydrogens is 664 g/mol. The zero-order valence-corrected chi connectivity index (χ0v) is 31.1. The van der Waals surface area contributed by atoms with Gasteiger partial charge in [0.2, 0.25) is 35.4 Å². The molecule has 4 heterocycles. The molecule has 4 bridgehead atoms. The van der Waals surface area contributed by atoms with E-state index in [-0.39, 0.29) is 61.6 Å². The first-order valence-electron chi connectivity index (χ1n) is 17.6. The lowest BCUT2D eigenvalue weighted by molar-refractivity contribution is -0.135. The zero-order valence-electron chi connectivity index (χ0n) is 31.1. The first-order chi connectivity index (χ1) is 24.7. The first kappa shape index (κ1) is 39.4. The van der Waals surface area contributed by atoms with E-state index in [1.54, 1.807) is 29.4 Å². The van der Waals surface area contributed by atoms with Crippen LogP contribution >= 0.6 is 0 Å². The Balaban J connectivity index is 1.62. The summed E-state index contributed by atoms with van der Waals surface area (Å²) < 4.78 is 0. The van der Waals surface area contributed by atoms with Crippen molar-refractivity contribution in [2.75, 3.05) is 52.4 Å². The molecule has 2 aliphatic heterocycles. The highest BCUT2D eigenvalue weighted by Gasteiger charge is 2.21. The third-order valence-corrected chi connectivity index (χ3v) is 9.24. The molecule has 14 heteroatoms. The predicted molar refractivity (Wildman–Crippen MR) is 195 cm³/mol. The van der Waals surface area contributed by atoms with Gasteiger partial charge >= 0.3 is 0 Å². The Morgan fingerprint density at radius 2 is 0.615 bits per heavy atom. The molecule has 0 aliphatic carbocycles. The van der Waals surface area contributed by atoms with Crippen molar-refractivity contribution < 1.29 is 28.8 Å². The molecule has 0 saturated carbocycles.